The van der Waals surface area contributed by atoms with Gasteiger partial charge in [-0.15, -0.1) is 6.58 Å². The van der Waals surface area contributed by atoms with Crippen LogP contribution in [0.4, 0.5) is 0 Å². The van der Waals surface area contributed by atoms with Gasteiger partial charge >= 0.3 is 11.9 Å². The minimum Gasteiger partial charge on any atom is -0.393 e. The van der Waals surface area contributed by atoms with Gasteiger partial charge in [0.05, 0.1) is 12.2 Å². The van der Waals surface area contributed by atoms with Crippen molar-refractivity contribution in [2.45, 2.75) is 12.2 Å². The van der Waals surface area contributed by atoms with Crippen LogP contribution in [-0.2, 0) is 19.1 Å². The van der Waals surface area contributed by atoms with Gasteiger partial charge in [0.25, 0.3) is 0 Å². The van der Waals surface area contributed by atoms with Crippen LogP contribution in [0.15, 0.2) is 49.1 Å². The Hall–Kier alpha value is -2.20. The van der Waals surface area contributed by atoms with Crippen molar-refractivity contribution in [3.8, 4) is 0 Å². The molecule has 2 saturated heterocycles. The lowest BCUT2D eigenvalue weighted by Gasteiger charge is -2.10. The number of carbonyl (C=O) groups is 2. The van der Waals surface area contributed by atoms with Gasteiger partial charge in [-0.2, -0.15) is 0 Å². The second-order valence-corrected chi connectivity index (χ2v) is 4.86. The van der Waals surface area contributed by atoms with Crippen LogP contribution < -0.4 is 0 Å². The highest BCUT2D eigenvalue weighted by atomic mass is 16.6. The fraction of sp³-hybridized carbons (Fsp3) is 0.250. The number of carbonyl (C=O) groups excluding carboxylic acids is 2. The molecule has 1 aromatic rings. The molecular formula is C16H14O4. The molecule has 2 aliphatic heterocycles. The van der Waals surface area contributed by atoms with E-state index >= 15 is 0 Å². The molecule has 0 radical (unpaired) electrons. The van der Waals surface area contributed by atoms with E-state index in [-0.39, 0.29) is 0 Å². The van der Waals surface area contributed by atoms with E-state index in [4.69, 9.17) is 9.47 Å². The molecule has 2 heterocycles. The maximum atomic E-state index is 11.8. The maximum absolute atomic E-state index is 11.8. The van der Waals surface area contributed by atoms with Gasteiger partial charge in [-0.3, -0.25) is 9.59 Å². The molecule has 2 aliphatic rings. The lowest BCUT2D eigenvalue weighted by molar-refractivity contribution is -0.156. The summed E-state index contributed by atoms with van der Waals surface area (Å²) in [5.41, 5.74) is 1.01. The summed E-state index contributed by atoms with van der Waals surface area (Å²) in [4.78, 5) is 23.4. The van der Waals surface area contributed by atoms with Crippen molar-refractivity contribution >= 4 is 18.0 Å². The van der Waals surface area contributed by atoms with E-state index < -0.39 is 36.0 Å². The van der Waals surface area contributed by atoms with Gasteiger partial charge in [0.1, 0.15) is 11.8 Å². The number of esters is 2. The Bertz CT molecular complexity index is 575. The summed E-state index contributed by atoms with van der Waals surface area (Å²) in [6, 6.07) is 9.69. The highest BCUT2D eigenvalue weighted by Crippen LogP contribution is 2.40. The molecule has 4 atom stereocenters. The first-order valence-electron chi connectivity index (χ1n) is 6.47. The van der Waals surface area contributed by atoms with Crippen LogP contribution in [0.1, 0.15) is 5.56 Å². The molecule has 20 heavy (non-hydrogen) atoms. The molecule has 0 spiro atoms. The molecule has 4 nitrogen and oxygen atoms in total. The van der Waals surface area contributed by atoms with E-state index in [1.54, 1.807) is 12.2 Å². The highest BCUT2D eigenvalue weighted by molar-refractivity contribution is 5.98. The topological polar surface area (TPSA) is 52.6 Å². The van der Waals surface area contributed by atoms with Crippen LogP contribution in [-0.4, -0.2) is 24.1 Å². The van der Waals surface area contributed by atoms with Crippen molar-refractivity contribution in [3.05, 3.63) is 54.6 Å². The van der Waals surface area contributed by atoms with Gasteiger partial charge in [0.15, 0.2) is 0 Å². The predicted molar refractivity (Wildman–Crippen MR) is 72.4 cm³/mol. The molecule has 0 saturated carbocycles. The third-order valence-corrected chi connectivity index (χ3v) is 3.66. The summed E-state index contributed by atoms with van der Waals surface area (Å²) in [5, 5.41) is 0. The number of fused-ring (bicyclic) bond motifs is 1. The van der Waals surface area contributed by atoms with E-state index in [2.05, 4.69) is 6.58 Å². The van der Waals surface area contributed by atoms with Gasteiger partial charge in [0.2, 0.25) is 0 Å². The molecule has 0 aliphatic carbocycles. The fourth-order valence-corrected chi connectivity index (χ4v) is 2.69. The van der Waals surface area contributed by atoms with Crippen molar-refractivity contribution in [2.75, 3.05) is 0 Å². The van der Waals surface area contributed by atoms with Gasteiger partial charge in [-0.05, 0) is 5.56 Å². The molecule has 1 aromatic carbocycles. The first-order valence-corrected chi connectivity index (χ1v) is 6.47. The van der Waals surface area contributed by atoms with E-state index in [1.807, 2.05) is 36.4 Å². The van der Waals surface area contributed by atoms with Crippen molar-refractivity contribution in [1.29, 1.82) is 0 Å². The standard InChI is InChI=1S/C16H14O4/c1-2-11-13-14(16(18)20-15(13)17)12(19-11)9-8-10-6-4-3-5-7-10/h2-9,11-14H,1H2/b9-8-. The Kier molecular flexibility index (Phi) is 3.24. The number of hydrogen-bond acceptors (Lipinski definition) is 4. The van der Waals surface area contributed by atoms with Crippen LogP contribution in [0.25, 0.3) is 6.08 Å². The molecule has 0 amide bonds. The molecule has 0 N–H and O–H groups in total. The lowest BCUT2D eigenvalue weighted by Crippen LogP contribution is -2.23. The summed E-state index contributed by atoms with van der Waals surface area (Å²) in [5.74, 6) is -2.15. The van der Waals surface area contributed by atoms with Crippen LogP contribution in [0.2, 0.25) is 0 Å². The molecule has 2 fully saturated rings. The van der Waals surface area contributed by atoms with E-state index in [9.17, 15) is 9.59 Å². The second kappa shape index (κ2) is 5.06. The second-order valence-electron chi connectivity index (χ2n) is 4.86. The molecule has 0 aromatic heterocycles. The predicted octanol–water partition coefficient (Wildman–Crippen LogP) is 1.97. The minimum atomic E-state index is -0.564. The molecular weight excluding hydrogens is 256 g/mol. The largest absolute Gasteiger partial charge is 0.393 e. The number of benzene rings is 1. The average molecular weight is 270 g/mol. The SMILES string of the molecule is C=CC1OC(/C=C\c2ccccc2)C2C(=O)OC(=O)C12. The maximum Gasteiger partial charge on any atom is 0.320 e. The van der Waals surface area contributed by atoms with Gasteiger partial charge in [-0.1, -0.05) is 48.6 Å². The summed E-state index contributed by atoms with van der Waals surface area (Å²) < 4.78 is 10.4. The summed E-state index contributed by atoms with van der Waals surface area (Å²) in [6.45, 7) is 3.65. The van der Waals surface area contributed by atoms with Crippen LogP contribution in [0, 0.1) is 11.8 Å². The number of hydrogen-bond donors (Lipinski definition) is 0. The van der Waals surface area contributed by atoms with E-state index in [0.717, 1.165) is 5.56 Å². The Morgan fingerprint density at radius 1 is 1.00 bits per heavy atom. The third kappa shape index (κ3) is 2.08. The zero-order chi connectivity index (χ0) is 14.1. The van der Waals surface area contributed by atoms with Gasteiger partial charge < -0.3 is 9.47 Å². The van der Waals surface area contributed by atoms with Crippen LogP contribution in [0.5, 0.6) is 0 Å². The lowest BCUT2D eigenvalue weighted by atomic mass is 9.89. The van der Waals surface area contributed by atoms with Gasteiger partial charge in [0, 0.05) is 0 Å². The Morgan fingerprint density at radius 2 is 1.65 bits per heavy atom. The van der Waals surface area contributed by atoms with Crippen molar-refractivity contribution in [2.24, 2.45) is 11.8 Å². The van der Waals surface area contributed by atoms with Crippen molar-refractivity contribution < 1.29 is 19.1 Å². The number of cyclic esters (lactones) is 2. The van der Waals surface area contributed by atoms with Crippen molar-refractivity contribution in [1.82, 2.24) is 0 Å². The Morgan fingerprint density at radius 3 is 2.30 bits per heavy atom. The monoisotopic (exact) mass is 270 g/mol. The van der Waals surface area contributed by atoms with Crippen LogP contribution in [0.3, 0.4) is 0 Å². The van der Waals surface area contributed by atoms with E-state index in [1.165, 1.54) is 0 Å². The van der Waals surface area contributed by atoms with E-state index in [0.29, 0.717) is 0 Å². The number of ether oxygens (including phenoxy) is 2. The zero-order valence-electron chi connectivity index (χ0n) is 10.8. The van der Waals surface area contributed by atoms with Gasteiger partial charge in [-0.25, -0.2) is 0 Å². The third-order valence-electron chi connectivity index (χ3n) is 3.66. The minimum absolute atomic E-state index is 0.456. The number of rotatable bonds is 3. The zero-order valence-corrected chi connectivity index (χ0v) is 10.8. The first kappa shape index (κ1) is 12.8. The smallest absolute Gasteiger partial charge is 0.320 e. The van der Waals surface area contributed by atoms with Crippen LogP contribution >= 0.6 is 0 Å². The molecule has 4 unspecified atom stereocenters. The molecule has 4 heteroatoms. The fourth-order valence-electron chi connectivity index (χ4n) is 2.69. The molecule has 3 rings (SSSR count). The summed E-state index contributed by atoms with van der Waals surface area (Å²) in [6.07, 6.45) is 4.31. The summed E-state index contributed by atoms with van der Waals surface area (Å²) in [7, 11) is 0. The molecule has 102 valence electrons. The quantitative estimate of drug-likeness (QED) is 0.478. The first-order chi connectivity index (χ1) is 9.70. The highest BCUT2D eigenvalue weighted by Gasteiger charge is 2.57. The average Bonchev–Trinajstić information content (AvgIpc) is 2.97. The summed E-state index contributed by atoms with van der Waals surface area (Å²) >= 11 is 0. The Balaban J connectivity index is 1.84. The van der Waals surface area contributed by atoms with Crippen molar-refractivity contribution in [3.63, 3.8) is 0 Å². The normalized spacial score (nSPS) is 32.4. The molecule has 0 bridgehead atoms. The Labute approximate surface area is 116 Å².